The summed E-state index contributed by atoms with van der Waals surface area (Å²) in [6.07, 6.45) is 1.57. The quantitative estimate of drug-likeness (QED) is 0.761. The molecule has 0 saturated heterocycles. The summed E-state index contributed by atoms with van der Waals surface area (Å²) in [5.41, 5.74) is 1.85. The van der Waals surface area contributed by atoms with Gasteiger partial charge in [0.05, 0.1) is 28.0 Å². The summed E-state index contributed by atoms with van der Waals surface area (Å²) < 4.78 is 0. The van der Waals surface area contributed by atoms with Crippen LogP contribution in [0.25, 0.3) is 0 Å². The van der Waals surface area contributed by atoms with E-state index >= 15 is 0 Å². The smallest absolute Gasteiger partial charge is 0.265 e. The minimum Gasteiger partial charge on any atom is -0.339 e. The molecule has 3 aromatic rings. The fourth-order valence-corrected chi connectivity index (χ4v) is 2.59. The van der Waals surface area contributed by atoms with Gasteiger partial charge in [0.15, 0.2) is 0 Å². The number of hydrogen-bond acceptors (Lipinski definition) is 5. The third-order valence-corrected chi connectivity index (χ3v) is 3.95. The Morgan fingerprint density at radius 1 is 1.13 bits per heavy atom. The van der Waals surface area contributed by atoms with Crippen molar-refractivity contribution in [2.24, 2.45) is 0 Å². The highest BCUT2D eigenvalue weighted by Crippen LogP contribution is 2.20. The average Bonchev–Trinajstić information content (AvgIpc) is 3.12. The van der Waals surface area contributed by atoms with Crippen molar-refractivity contribution in [3.63, 3.8) is 0 Å². The first-order valence-electron chi connectivity index (χ1n) is 6.83. The summed E-state index contributed by atoms with van der Waals surface area (Å²) in [4.78, 5) is 16.9. The molecule has 0 aliphatic heterocycles. The second kappa shape index (κ2) is 6.73. The zero-order valence-electron chi connectivity index (χ0n) is 12.0. The number of pyridine rings is 1. The highest BCUT2D eigenvalue weighted by Gasteiger charge is 2.07. The van der Waals surface area contributed by atoms with Crippen LogP contribution in [-0.2, 0) is 0 Å². The molecule has 2 N–H and O–H groups in total. The fraction of sp³-hybridized carbons (Fsp3) is 0. The Labute approximate surface area is 137 Å². The van der Waals surface area contributed by atoms with Crippen molar-refractivity contribution in [3.8, 4) is 6.07 Å². The maximum absolute atomic E-state index is 12.0. The predicted octanol–water partition coefficient (Wildman–Crippen LogP) is 4.01. The number of amides is 1. The molecule has 5 nitrogen and oxygen atoms in total. The molecule has 0 radical (unpaired) electrons. The number of nitrogens with one attached hydrogen (secondary N) is 2. The van der Waals surface area contributed by atoms with E-state index in [1.54, 1.807) is 36.5 Å². The molecule has 1 aromatic carbocycles. The molecule has 2 heterocycles. The molecule has 0 saturated carbocycles. The lowest BCUT2D eigenvalue weighted by atomic mass is 10.2. The summed E-state index contributed by atoms with van der Waals surface area (Å²) in [7, 11) is 0. The summed E-state index contributed by atoms with van der Waals surface area (Å²) in [6.45, 7) is 0. The van der Waals surface area contributed by atoms with E-state index in [0.29, 0.717) is 27.6 Å². The molecule has 0 unspecified atom stereocenters. The molecular weight excluding hydrogens is 308 g/mol. The molecule has 6 heteroatoms. The first-order valence-corrected chi connectivity index (χ1v) is 7.71. The lowest BCUT2D eigenvalue weighted by molar-refractivity contribution is 0.103. The van der Waals surface area contributed by atoms with E-state index in [9.17, 15) is 4.79 Å². The van der Waals surface area contributed by atoms with Gasteiger partial charge >= 0.3 is 0 Å². The Morgan fingerprint density at radius 3 is 2.70 bits per heavy atom. The fourth-order valence-electron chi connectivity index (χ4n) is 1.97. The van der Waals surface area contributed by atoms with Crippen LogP contribution in [0, 0.1) is 11.3 Å². The zero-order valence-corrected chi connectivity index (χ0v) is 12.8. The van der Waals surface area contributed by atoms with Gasteiger partial charge in [-0.25, -0.2) is 4.98 Å². The van der Waals surface area contributed by atoms with Gasteiger partial charge in [-0.3, -0.25) is 4.79 Å². The highest BCUT2D eigenvalue weighted by molar-refractivity contribution is 7.12. The average molecular weight is 320 g/mol. The maximum atomic E-state index is 12.0. The number of benzene rings is 1. The van der Waals surface area contributed by atoms with E-state index in [1.165, 1.54) is 11.3 Å². The van der Waals surface area contributed by atoms with Crippen LogP contribution in [0.4, 0.5) is 17.2 Å². The number of hydrogen-bond donors (Lipinski definition) is 2. The number of thiophene rings is 1. The van der Waals surface area contributed by atoms with Crippen molar-refractivity contribution in [2.45, 2.75) is 0 Å². The lowest BCUT2D eigenvalue weighted by Crippen LogP contribution is -2.10. The Bertz CT molecular complexity index is 851. The van der Waals surface area contributed by atoms with Crippen molar-refractivity contribution >= 4 is 34.4 Å². The molecule has 0 aliphatic rings. The van der Waals surface area contributed by atoms with Crippen LogP contribution in [0.3, 0.4) is 0 Å². The van der Waals surface area contributed by atoms with Crippen molar-refractivity contribution in [2.75, 3.05) is 10.6 Å². The minimum absolute atomic E-state index is 0.155. The van der Waals surface area contributed by atoms with Crippen LogP contribution in [0.15, 0.2) is 60.1 Å². The lowest BCUT2D eigenvalue weighted by Gasteiger charge is -2.08. The van der Waals surface area contributed by atoms with Gasteiger partial charge in [-0.05, 0) is 35.7 Å². The van der Waals surface area contributed by atoms with Crippen molar-refractivity contribution in [1.29, 1.82) is 5.26 Å². The summed E-state index contributed by atoms with van der Waals surface area (Å²) in [5, 5.41) is 16.8. The second-order valence-electron chi connectivity index (χ2n) is 4.65. The van der Waals surface area contributed by atoms with E-state index in [2.05, 4.69) is 21.7 Å². The summed E-state index contributed by atoms with van der Waals surface area (Å²) in [5.74, 6) is 0.444. The third-order valence-electron chi connectivity index (χ3n) is 3.08. The second-order valence-corrected chi connectivity index (χ2v) is 5.59. The largest absolute Gasteiger partial charge is 0.339 e. The van der Waals surface area contributed by atoms with Gasteiger partial charge in [0.2, 0.25) is 0 Å². The van der Waals surface area contributed by atoms with E-state index in [0.717, 1.165) is 0 Å². The number of nitriles is 1. The van der Waals surface area contributed by atoms with Gasteiger partial charge in [0, 0.05) is 0 Å². The zero-order chi connectivity index (χ0) is 16.1. The van der Waals surface area contributed by atoms with Crippen molar-refractivity contribution < 1.29 is 4.79 Å². The van der Waals surface area contributed by atoms with Gasteiger partial charge in [-0.1, -0.05) is 18.2 Å². The molecule has 0 fully saturated rings. The molecule has 0 aliphatic carbocycles. The summed E-state index contributed by atoms with van der Waals surface area (Å²) >= 11 is 1.38. The number of nitrogens with zero attached hydrogens (tertiary/aromatic N) is 2. The Hall–Kier alpha value is -3.17. The maximum Gasteiger partial charge on any atom is 0.265 e. The number of carbonyl (C=O) groups excluding carboxylic acids is 1. The van der Waals surface area contributed by atoms with Gasteiger partial charge in [0.25, 0.3) is 5.91 Å². The number of para-hydroxylation sites is 1. The van der Waals surface area contributed by atoms with Gasteiger partial charge in [-0.15, -0.1) is 11.3 Å². The van der Waals surface area contributed by atoms with E-state index < -0.39 is 0 Å². The van der Waals surface area contributed by atoms with Gasteiger partial charge in [0.1, 0.15) is 11.9 Å². The van der Waals surface area contributed by atoms with Crippen LogP contribution in [0.1, 0.15) is 15.2 Å². The Balaban J connectivity index is 1.70. The monoisotopic (exact) mass is 320 g/mol. The minimum atomic E-state index is -0.155. The van der Waals surface area contributed by atoms with E-state index in [4.69, 9.17) is 5.26 Å². The molecule has 0 bridgehead atoms. The topological polar surface area (TPSA) is 77.8 Å². The Kier molecular flexibility index (Phi) is 4.32. The van der Waals surface area contributed by atoms with Gasteiger partial charge < -0.3 is 10.6 Å². The molecule has 0 atom stereocenters. The standard InChI is InChI=1S/C17H12N4OS/c18-10-12-4-1-2-5-14(12)21-16-8-7-13(11-19-16)20-17(22)15-6-3-9-23-15/h1-9,11H,(H,19,21)(H,20,22). The predicted molar refractivity (Wildman–Crippen MR) is 90.9 cm³/mol. The third kappa shape index (κ3) is 3.54. The highest BCUT2D eigenvalue weighted by atomic mass is 32.1. The van der Waals surface area contributed by atoms with Crippen LogP contribution in [0.5, 0.6) is 0 Å². The van der Waals surface area contributed by atoms with Gasteiger partial charge in [-0.2, -0.15) is 5.26 Å². The Morgan fingerprint density at radius 2 is 2.00 bits per heavy atom. The van der Waals surface area contributed by atoms with Crippen molar-refractivity contribution in [3.05, 3.63) is 70.5 Å². The molecule has 0 spiro atoms. The van der Waals surface area contributed by atoms with Crippen molar-refractivity contribution in [1.82, 2.24) is 4.98 Å². The molecule has 2 aromatic heterocycles. The normalized spacial score (nSPS) is 9.87. The van der Waals surface area contributed by atoms with E-state index in [1.807, 2.05) is 23.6 Å². The van der Waals surface area contributed by atoms with E-state index in [-0.39, 0.29) is 5.91 Å². The van der Waals surface area contributed by atoms with Crippen LogP contribution < -0.4 is 10.6 Å². The van der Waals surface area contributed by atoms with Crippen LogP contribution in [-0.4, -0.2) is 10.9 Å². The summed E-state index contributed by atoms with van der Waals surface area (Å²) in [6, 6.07) is 16.4. The molecule has 1 amide bonds. The molecule has 23 heavy (non-hydrogen) atoms. The molecule has 3 rings (SSSR count). The number of aromatic nitrogens is 1. The molecular formula is C17H12N4OS. The number of carbonyl (C=O) groups is 1. The molecule has 112 valence electrons. The number of anilines is 3. The van der Waals surface area contributed by atoms with Crippen LogP contribution >= 0.6 is 11.3 Å². The first-order chi connectivity index (χ1) is 11.3. The van der Waals surface area contributed by atoms with Crippen LogP contribution in [0.2, 0.25) is 0 Å². The SMILES string of the molecule is N#Cc1ccccc1Nc1ccc(NC(=O)c2cccs2)cn1. The first kappa shape index (κ1) is 14.8. The number of rotatable bonds is 4.